The Morgan fingerprint density at radius 3 is 2.48 bits per heavy atom. The summed E-state index contributed by atoms with van der Waals surface area (Å²) in [6, 6.07) is 13.4. The molecule has 0 unspecified atom stereocenters. The van der Waals surface area contributed by atoms with Gasteiger partial charge in [-0.3, -0.25) is 14.5 Å². The number of carbonyl (C=O) groups excluding carboxylic acids is 2. The highest BCUT2D eigenvalue weighted by Gasteiger charge is 2.35. The maximum atomic E-state index is 12.9. The Bertz CT molecular complexity index is 799. The van der Waals surface area contributed by atoms with E-state index in [0.29, 0.717) is 10.5 Å². The summed E-state index contributed by atoms with van der Waals surface area (Å²) in [6.45, 7) is 2.21. The molecule has 3 nitrogen and oxygen atoms in total. The van der Waals surface area contributed by atoms with Crippen LogP contribution >= 0.6 is 11.8 Å². The highest BCUT2D eigenvalue weighted by molar-refractivity contribution is 8.18. The second-order valence-corrected chi connectivity index (χ2v) is 6.24. The van der Waals surface area contributed by atoms with Crippen LogP contribution in [0.25, 0.3) is 6.08 Å². The molecule has 0 radical (unpaired) electrons. The van der Waals surface area contributed by atoms with Gasteiger partial charge in [0.15, 0.2) is 0 Å². The Hall–Kier alpha value is -2.40. The number of nitrogens with zero attached hydrogens (tertiary/aromatic N) is 1. The zero-order valence-corrected chi connectivity index (χ0v) is 13.3. The number of halogens is 1. The van der Waals surface area contributed by atoms with Crippen molar-refractivity contribution in [1.29, 1.82) is 0 Å². The van der Waals surface area contributed by atoms with Crippen molar-refractivity contribution < 1.29 is 14.0 Å². The lowest BCUT2D eigenvalue weighted by Crippen LogP contribution is -2.27. The van der Waals surface area contributed by atoms with E-state index in [1.165, 1.54) is 17.0 Å². The quantitative estimate of drug-likeness (QED) is 0.786. The first-order valence-electron chi connectivity index (χ1n) is 7.10. The number of thioether (sulfide) groups is 1. The fourth-order valence-electron chi connectivity index (χ4n) is 2.30. The van der Waals surface area contributed by atoms with Crippen LogP contribution in [0.4, 0.5) is 9.18 Å². The average molecular weight is 327 g/mol. The van der Waals surface area contributed by atoms with Gasteiger partial charge < -0.3 is 0 Å². The molecule has 1 saturated heterocycles. The third-order valence-corrected chi connectivity index (χ3v) is 4.54. The van der Waals surface area contributed by atoms with Gasteiger partial charge in [-0.15, -0.1) is 0 Å². The number of imide groups is 1. The third-order valence-electron chi connectivity index (χ3n) is 3.63. The van der Waals surface area contributed by atoms with Gasteiger partial charge in [-0.2, -0.15) is 0 Å². The van der Waals surface area contributed by atoms with Crippen molar-refractivity contribution in [3.8, 4) is 0 Å². The van der Waals surface area contributed by atoms with Gasteiger partial charge in [0.1, 0.15) is 5.82 Å². The summed E-state index contributed by atoms with van der Waals surface area (Å²) in [4.78, 5) is 26.2. The number of carbonyl (C=O) groups is 2. The summed E-state index contributed by atoms with van der Waals surface area (Å²) in [7, 11) is 0. The Morgan fingerprint density at radius 1 is 1.09 bits per heavy atom. The third kappa shape index (κ3) is 3.35. The van der Waals surface area contributed by atoms with Gasteiger partial charge in [-0.05, 0) is 53.6 Å². The Balaban J connectivity index is 1.82. The molecule has 2 amide bonds. The van der Waals surface area contributed by atoms with Crippen LogP contribution in [0, 0.1) is 12.7 Å². The first-order valence-corrected chi connectivity index (χ1v) is 7.92. The van der Waals surface area contributed by atoms with Crippen molar-refractivity contribution in [3.05, 3.63) is 75.9 Å². The first kappa shape index (κ1) is 15.5. The van der Waals surface area contributed by atoms with Crippen molar-refractivity contribution in [2.24, 2.45) is 0 Å². The van der Waals surface area contributed by atoms with E-state index in [9.17, 15) is 14.0 Å². The molecule has 0 aliphatic carbocycles. The van der Waals surface area contributed by atoms with Gasteiger partial charge in [0.2, 0.25) is 0 Å². The van der Waals surface area contributed by atoms with Crippen LogP contribution in [-0.2, 0) is 11.3 Å². The summed E-state index contributed by atoms with van der Waals surface area (Å²) in [5, 5.41) is -0.286. The van der Waals surface area contributed by atoms with E-state index >= 15 is 0 Å². The molecular weight excluding hydrogens is 313 g/mol. The summed E-state index contributed by atoms with van der Waals surface area (Å²) in [5.41, 5.74) is 2.67. The monoisotopic (exact) mass is 327 g/mol. The molecule has 1 aliphatic rings. The lowest BCUT2D eigenvalue weighted by molar-refractivity contribution is -0.123. The van der Waals surface area contributed by atoms with Crippen molar-refractivity contribution in [2.45, 2.75) is 13.5 Å². The van der Waals surface area contributed by atoms with E-state index in [0.717, 1.165) is 22.9 Å². The van der Waals surface area contributed by atoms with Crippen LogP contribution in [0.3, 0.4) is 0 Å². The zero-order chi connectivity index (χ0) is 16.4. The topological polar surface area (TPSA) is 37.4 Å². The second kappa shape index (κ2) is 6.38. The minimum absolute atomic E-state index is 0.262. The standard InChI is InChI=1S/C18H14FNO2S/c1-12-4-2-3-5-14(12)11-20-17(21)16(23-18(20)22)10-13-6-8-15(19)9-7-13/h2-10H,11H2,1H3/b16-10-. The fraction of sp³-hybridized carbons (Fsp3) is 0.111. The van der Waals surface area contributed by atoms with Crippen molar-refractivity contribution in [1.82, 2.24) is 4.90 Å². The van der Waals surface area contributed by atoms with Crippen LogP contribution in [0.1, 0.15) is 16.7 Å². The smallest absolute Gasteiger partial charge is 0.268 e. The van der Waals surface area contributed by atoms with Crippen LogP contribution in [0.5, 0.6) is 0 Å². The lowest BCUT2D eigenvalue weighted by atomic mass is 10.1. The number of aryl methyl sites for hydroxylation is 1. The molecule has 0 aromatic heterocycles. The number of hydrogen-bond acceptors (Lipinski definition) is 3. The van der Waals surface area contributed by atoms with Crippen LogP contribution in [0.15, 0.2) is 53.4 Å². The first-order chi connectivity index (χ1) is 11.0. The Labute approximate surface area is 137 Å². The molecular formula is C18H14FNO2S. The van der Waals surface area contributed by atoms with Gasteiger partial charge in [0.25, 0.3) is 11.1 Å². The summed E-state index contributed by atoms with van der Waals surface area (Å²) < 4.78 is 12.9. The molecule has 2 aromatic rings. The van der Waals surface area contributed by atoms with Gasteiger partial charge in [0.05, 0.1) is 11.4 Å². The molecule has 1 heterocycles. The summed E-state index contributed by atoms with van der Waals surface area (Å²) in [5.74, 6) is -0.651. The molecule has 1 aliphatic heterocycles. The molecule has 0 spiro atoms. The molecule has 3 rings (SSSR count). The summed E-state index contributed by atoms with van der Waals surface area (Å²) in [6.07, 6.45) is 1.61. The average Bonchev–Trinajstić information content (AvgIpc) is 2.79. The van der Waals surface area contributed by atoms with Crippen LogP contribution < -0.4 is 0 Å². The summed E-state index contributed by atoms with van der Waals surface area (Å²) >= 11 is 0.911. The predicted molar refractivity (Wildman–Crippen MR) is 89.1 cm³/mol. The molecule has 0 atom stereocenters. The van der Waals surface area contributed by atoms with E-state index in [2.05, 4.69) is 0 Å². The van der Waals surface area contributed by atoms with E-state index in [4.69, 9.17) is 0 Å². The van der Waals surface area contributed by atoms with Crippen molar-refractivity contribution >= 4 is 29.0 Å². The van der Waals surface area contributed by atoms with Crippen molar-refractivity contribution in [3.63, 3.8) is 0 Å². The Kier molecular flexibility index (Phi) is 4.30. The molecule has 2 aromatic carbocycles. The van der Waals surface area contributed by atoms with Crippen LogP contribution in [0.2, 0.25) is 0 Å². The zero-order valence-electron chi connectivity index (χ0n) is 12.5. The minimum atomic E-state index is -0.338. The SMILES string of the molecule is Cc1ccccc1CN1C(=O)S/C(=C\c2ccc(F)cc2)C1=O. The van der Waals surface area contributed by atoms with Gasteiger partial charge in [-0.25, -0.2) is 4.39 Å². The molecule has 5 heteroatoms. The molecule has 0 N–H and O–H groups in total. The second-order valence-electron chi connectivity index (χ2n) is 5.25. The van der Waals surface area contributed by atoms with E-state index in [-0.39, 0.29) is 23.5 Å². The molecule has 0 saturated carbocycles. The number of benzene rings is 2. The highest BCUT2D eigenvalue weighted by atomic mass is 32.2. The Morgan fingerprint density at radius 2 is 1.78 bits per heavy atom. The minimum Gasteiger partial charge on any atom is -0.268 e. The maximum Gasteiger partial charge on any atom is 0.293 e. The van der Waals surface area contributed by atoms with Gasteiger partial charge >= 0.3 is 0 Å². The van der Waals surface area contributed by atoms with Crippen molar-refractivity contribution in [2.75, 3.05) is 0 Å². The van der Waals surface area contributed by atoms with Gasteiger partial charge in [0, 0.05) is 0 Å². The maximum absolute atomic E-state index is 12.9. The largest absolute Gasteiger partial charge is 0.293 e. The molecule has 1 fully saturated rings. The highest BCUT2D eigenvalue weighted by Crippen LogP contribution is 2.33. The van der Waals surface area contributed by atoms with E-state index in [1.807, 2.05) is 31.2 Å². The number of hydrogen-bond donors (Lipinski definition) is 0. The van der Waals surface area contributed by atoms with Gasteiger partial charge in [-0.1, -0.05) is 36.4 Å². The predicted octanol–water partition coefficient (Wildman–Crippen LogP) is 4.37. The molecule has 23 heavy (non-hydrogen) atoms. The molecule has 0 bridgehead atoms. The van der Waals surface area contributed by atoms with E-state index < -0.39 is 0 Å². The normalized spacial score (nSPS) is 16.4. The lowest BCUT2D eigenvalue weighted by Gasteiger charge is -2.14. The van der Waals surface area contributed by atoms with Crippen LogP contribution in [-0.4, -0.2) is 16.0 Å². The van der Waals surface area contributed by atoms with E-state index in [1.54, 1.807) is 18.2 Å². The number of rotatable bonds is 3. The fourth-order valence-corrected chi connectivity index (χ4v) is 3.14. The molecule has 116 valence electrons. The number of amides is 2.